The summed E-state index contributed by atoms with van der Waals surface area (Å²) in [6, 6.07) is 40.0. The average molecular weight is 739 g/mol. The van der Waals surface area contributed by atoms with E-state index < -0.39 is 41.6 Å². The fourth-order valence-corrected chi connectivity index (χ4v) is 7.41. The summed E-state index contributed by atoms with van der Waals surface area (Å²) in [4.78, 5) is 0. The Morgan fingerprint density at radius 2 is 1.34 bits per heavy atom. The van der Waals surface area contributed by atoms with E-state index in [-0.39, 0.29) is 32.2 Å². The van der Waals surface area contributed by atoms with Gasteiger partial charge in [-0.05, 0) is 72.4 Å². The predicted octanol–water partition coefficient (Wildman–Crippen LogP) is 8.56. The van der Waals surface area contributed by atoms with Crippen molar-refractivity contribution in [1.82, 2.24) is 0 Å². The maximum absolute atomic E-state index is 14.9. The molecule has 5 aromatic carbocycles. The first-order chi connectivity index (χ1) is 25.8. The third-order valence-corrected chi connectivity index (χ3v) is 10.4. The minimum Gasteiger partial charge on any atom is -0.491 e. The molecule has 1 N–H and O–H groups in total. The van der Waals surface area contributed by atoms with E-state index in [0.29, 0.717) is 29.2 Å². The number of rotatable bonds is 15. The maximum Gasteiger partial charge on any atom is 0.225 e. The minimum atomic E-state index is -1.54. The summed E-state index contributed by atoms with van der Waals surface area (Å²) in [6.07, 6.45) is -3.14. The van der Waals surface area contributed by atoms with Crippen molar-refractivity contribution < 1.29 is 37.9 Å². The van der Waals surface area contributed by atoms with Gasteiger partial charge < -0.3 is 33.5 Å². The Labute approximate surface area is 315 Å². The Hall–Kier alpha value is -4.12. The number of aliphatic hydroxyl groups is 1. The Morgan fingerprint density at radius 3 is 1.91 bits per heavy atom. The topological polar surface area (TPSA) is 75.6 Å². The van der Waals surface area contributed by atoms with Crippen molar-refractivity contribution in [3.05, 3.63) is 172 Å². The molecule has 5 aromatic rings. The molecule has 9 heteroatoms. The first-order valence-electron chi connectivity index (χ1n) is 18.0. The first-order valence-corrected chi connectivity index (χ1v) is 18.4. The Bertz CT molecular complexity index is 1950. The SMILES string of the molecule is CCOc1ccc(Cc2cc([C@]34OC[C@](C(C)O)(O3)[C@@H](OCc3ccccc3)[C@H](OCc3ccccc3)[C@H]4OCc3ccccc3)ccc2Cl)cc1F. The average Bonchev–Trinajstić information content (AvgIpc) is 3.55. The molecule has 7 nitrogen and oxygen atoms in total. The molecule has 0 saturated carbocycles. The van der Waals surface area contributed by atoms with Gasteiger partial charge in [-0.3, -0.25) is 0 Å². The van der Waals surface area contributed by atoms with Crippen LogP contribution in [0.15, 0.2) is 127 Å². The Morgan fingerprint density at radius 1 is 0.755 bits per heavy atom. The number of halogens is 2. The van der Waals surface area contributed by atoms with Crippen molar-refractivity contribution in [2.24, 2.45) is 0 Å². The molecule has 2 saturated heterocycles. The number of hydrogen-bond donors (Lipinski definition) is 1. The van der Waals surface area contributed by atoms with Crippen molar-refractivity contribution in [2.45, 2.75) is 75.9 Å². The summed E-state index contributed by atoms with van der Waals surface area (Å²) in [5.74, 6) is -1.78. The molecule has 2 aliphatic rings. The number of ether oxygens (including phenoxy) is 6. The van der Waals surface area contributed by atoms with Crippen LogP contribution in [0.5, 0.6) is 5.75 Å². The smallest absolute Gasteiger partial charge is 0.225 e. The van der Waals surface area contributed by atoms with Crippen LogP contribution in [0, 0.1) is 5.82 Å². The molecular formula is C44H44ClFO7. The van der Waals surface area contributed by atoms with Crippen LogP contribution in [0.2, 0.25) is 5.02 Å². The van der Waals surface area contributed by atoms with Crippen LogP contribution in [0.3, 0.4) is 0 Å². The molecule has 0 radical (unpaired) electrons. The summed E-state index contributed by atoms with van der Waals surface area (Å²) in [6.45, 7) is 4.59. The standard InChI is InChI=1S/C44H44ClFO7/c1-3-48-39-22-19-34(24-38(39)46)23-35-25-36(20-21-37(35)45)44-42(51-28-33-17-11-6-12-18-33)40(49-26-31-13-7-4-8-14-31)41(43(53-44,29-52-44)30(2)47)50-27-32-15-9-5-10-16-32/h4-22,24-25,30,40-42,47H,3,23,26-29H2,1-2H3/t30?,40-,41-,42+,43+,44-/m0/s1. The zero-order valence-corrected chi connectivity index (χ0v) is 30.6. The number of aliphatic hydroxyl groups excluding tert-OH is 1. The number of benzene rings is 5. The Kier molecular flexibility index (Phi) is 11.6. The van der Waals surface area contributed by atoms with Gasteiger partial charge in [-0.1, -0.05) is 115 Å². The zero-order chi connectivity index (χ0) is 36.8. The van der Waals surface area contributed by atoms with Crippen LogP contribution in [0.1, 0.15) is 47.2 Å². The van der Waals surface area contributed by atoms with Crippen molar-refractivity contribution in [3.63, 3.8) is 0 Å². The van der Waals surface area contributed by atoms with E-state index in [1.807, 2.05) is 116 Å². The lowest BCUT2D eigenvalue weighted by atomic mass is 9.80. The van der Waals surface area contributed by atoms with E-state index in [1.54, 1.807) is 19.1 Å². The minimum absolute atomic E-state index is 0.00256. The Balaban J connectivity index is 1.31. The molecule has 2 bridgehead atoms. The van der Waals surface area contributed by atoms with E-state index in [4.69, 9.17) is 40.0 Å². The van der Waals surface area contributed by atoms with Crippen molar-refractivity contribution in [2.75, 3.05) is 13.2 Å². The van der Waals surface area contributed by atoms with Gasteiger partial charge in [0, 0.05) is 10.6 Å². The molecular weight excluding hydrogens is 695 g/mol. The molecule has 2 aliphatic heterocycles. The van der Waals surface area contributed by atoms with Gasteiger partial charge in [0.05, 0.1) is 39.1 Å². The van der Waals surface area contributed by atoms with Gasteiger partial charge in [-0.2, -0.15) is 0 Å². The third-order valence-electron chi connectivity index (χ3n) is 9.98. The highest BCUT2D eigenvalue weighted by atomic mass is 35.5. The summed E-state index contributed by atoms with van der Waals surface area (Å²) in [7, 11) is 0. The third kappa shape index (κ3) is 7.91. The fourth-order valence-electron chi connectivity index (χ4n) is 7.22. The molecule has 0 spiro atoms. The van der Waals surface area contributed by atoms with Crippen LogP contribution in [0.4, 0.5) is 4.39 Å². The van der Waals surface area contributed by atoms with E-state index in [2.05, 4.69) is 0 Å². The molecule has 276 valence electrons. The summed E-state index contributed by atoms with van der Waals surface area (Å²) in [5, 5.41) is 12.1. The van der Waals surface area contributed by atoms with Crippen molar-refractivity contribution >= 4 is 11.6 Å². The second-order valence-corrected chi connectivity index (χ2v) is 14.0. The highest BCUT2D eigenvalue weighted by Crippen LogP contribution is 2.54. The van der Waals surface area contributed by atoms with Gasteiger partial charge >= 0.3 is 0 Å². The normalized spacial score (nSPS) is 24.2. The van der Waals surface area contributed by atoms with E-state index >= 15 is 0 Å². The maximum atomic E-state index is 14.9. The van der Waals surface area contributed by atoms with E-state index in [9.17, 15) is 9.50 Å². The second kappa shape index (κ2) is 16.5. The van der Waals surface area contributed by atoms with Gasteiger partial charge in [0.25, 0.3) is 0 Å². The quantitative estimate of drug-likeness (QED) is 0.115. The zero-order valence-electron chi connectivity index (χ0n) is 29.8. The molecule has 0 amide bonds. The van der Waals surface area contributed by atoms with Gasteiger partial charge in [-0.25, -0.2) is 4.39 Å². The molecule has 2 fully saturated rings. The molecule has 6 atom stereocenters. The highest BCUT2D eigenvalue weighted by molar-refractivity contribution is 6.31. The molecule has 0 aliphatic carbocycles. The second-order valence-electron chi connectivity index (χ2n) is 13.6. The van der Waals surface area contributed by atoms with Gasteiger partial charge in [0.15, 0.2) is 11.6 Å². The van der Waals surface area contributed by atoms with Crippen LogP contribution < -0.4 is 4.74 Å². The van der Waals surface area contributed by atoms with Gasteiger partial charge in [-0.15, -0.1) is 0 Å². The number of hydrogen-bond acceptors (Lipinski definition) is 7. The van der Waals surface area contributed by atoms with Crippen LogP contribution in [0.25, 0.3) is 0 Å². The van der Waals surface area contributed by atoms with Crippen molar-refractivity contribution in [1.29, 1.82) is 0 Å². The molecule has 0 aromatic heterocycles. The summed E-state index contributed by atoms with van der Waals surface area (Å²) >= 11 is 6.81. The van der Waals surface area contributed by atoms with E-state index in [0.717, 1.165) is 22.3 Å². The molecule has 7 rings (SSSR count). The lowest BCUT2D eigenvalue weighted by molar-refractivity contribution is -0.359. The predicted molar refractivity (Wildman–Crippen MR) is 200 cm³/mol. The van der Waals surface area contributed by atoms with Crippen molar-refractivity contribution in [3.8, 4) is 5.75 Å². The van der Waals surface area contributed by atoms with Gasteiger partial charge in [0.1, 0.15) is 23.9 Å². The monoisotopic (exact) mass is 738 g/mol. The molecule has 1 unspecified atom stereocenters. The summed E-state index contributed by atoms with van der Waals surface area (Å²) in [5.41, 5.74) is 3.61. The van der Waals surface area contributed by atoms with Crippen LogP contribution in [-0.4, -0.2) is 48.3 Å². The summed E-state index contributed by atoms with van der Waals surface area (Å²) < 4.78 is 54.7. The van der Waals surface area contributed by atoms with E-state index in [1.165, 1.54) is 6.07 Å². The van der Waals surface area contributed by atoms with Crippen LogP contribution in [-0.2, 0) is 55.7 Å². The largest absolute Gasteiger partial charge is 0.491 e. The lowest BCUT2D eigenvalue weighted by Crippen LogP contribution is -2.69. The fraction of sp³-hybridized carbons (Fsp3) is 0.318. The first kappa shape index (κ1) is 37.2. The highest BCUT2D eigenvalue weighted by Gasteiger charge is 2.71. The molecule has 53 heavy (non-hydrogen) atoms. The lowest BCUT2D eigenvalue weighted by Gasteiger charge is -2.52. The van der Waals surface area contributed by atoms with Gasteiger partial charge in [0.2, 0.25) is 5.79 Å². The van der Waals surface area contributed by atoms with Crippen LogP contribution >= 0.6 is 11.6 Å². The molecule has 2 heterocycles. The number of fused-ring (bicyclic) bond motifs is 2.